The summed E-state index contributed by atoms with van der Waals surface area (Å²) in [7, 11) is 2.15. The maximum absolute atomic E-state index is 12.4. The lowest BCUT2D eigenvalue weighted by atomic mass is 9.99. The van der Waals surface area contributed by atoms with E-state index in [1.54, 1.807) is 24.5 Å². The number of hydrogen-bond donors (Lipinski definition) is 1. The molecule has 6 heteroatoms. The summed E-state index contributed by atoms with van der Waals surface area (Å²) in [5.74, 6) is 0.364. The lowest BCUT2D eigenvalue weighted by molar-refractivity contribution is 0.102. The predicted octanol–water partition coefficient (Wildman–Crippen LogP) is 3.93. The van der Waals surface area contributed by atoms with Crippen molar-refractivity contribution in [2.75, 3.05) is 38.5 Å². The zero-order valence-corrected chi connectivity index (χ0v) is 18.7. The number of nitrogens with one attached hydrogen (secondary N) is 1. The van der Waals surface area contributed by atoms with E-state index < -0.39 is 0 Å². The van der Waals surface area contributed by atoms with Gasteiger partial charge in [-0.05, 0) is 55.5 Å². The molecule has 2 aliphatic rings. The fourth-order valence-corrected chi connectivity index (χ4v) is 4.01. The maximum Gasteiger partial charge on any atom is 0.256 e. The Morgan fingerprint density at radius 3 is 2.59 bits per heavy atom. The van der Waals surface area contributed by atoms with E-state index >= 15 is 0 Å². The fourth-order valence-electron chi connectivity index (χ4n) is 4.01. The van der Waals surface area contributed by atoms with Gasteiger partial charge < -0.3 is 15.1 Å². The molecule has 1 aliphatic carbocycles. The fraction of sp³-hybridized carbons (Fsp3) is 0.269. The van der Waals surface area contributed by atoms with Crippen molar-refractivity contribution in [2.24, 2.45) is 0 Å². The summed E-state index contributed by atoms with van der Waals surface area (Å²) in [6, 6.07) is 7.27. The first kappa shape index (κ1) is 21.7. The topological polar surface area (TPSA) is 61.4 Å². The Morgan fingerprint density at radius 2 is 1.88 bits per heavy atom. The molecule has 1 amide bonds. The first-order chi connectivity index (χ1) is 15.5. The van der Waals surface area contributed by atoms with Gasteiger partial charge in [0.2, 0.25) is 0 Å². The molecule has 4 rings (SSSR count). The van der Waals surface area contributed by atoms with E-state index in [1.807, 2.05) is 19.1 Å². The van der Waals surface area contributed by atoms with Crippen molar-refractivity contribution in [3.8, 4) is 0 Å². The van der Waals surface area contributed by atoms with Gasteiger partial charge in [-0.25, -0.2) is 4.98 Å². The molecular weight excluding hydrogens is 398 g/mol. The van der Waals surface area contributed by atoms with Crippen molar-refractivity contribution in [1.82, 2.24) is 19.8 Å². The maximum atomic E-state index is 12.4. The van der Waals surface area contributed by atoms with E-state index in [2.05, 4.69) is 58.0 Å². The summed E-state index contributed by atoms with van der Waals surface area (Å²) >= 11 is 0. The summed E-state index contributed by atoms with van der Waals surface area (Å²) in [4.78, 5) is 25.8. The zero-order valence-electron chi connectivity index (χ0n) is 18.7. The Bertz CT molecular complexity index is 1090. The van der Waals surface area contributed by atoms with Gasteiger partial charge in [-0.2, -0.15) is 0 Å². The van der Waals surface area contributed by atoms with Crippen LogP contribution in [0.2, 0.25) is 0 Å². The van der Waals surface area contributed by atoms with Gasteiger partial charge in [-0.3, -0.25) is 9.78 Å². The molecule has 1 saturated heterocycles. The number of hydrogen-bond acceptors (Lipinski definition) is 5. The van der Waals surface area contributed by atoms with Crippen LogP contribution in [0.1, 0.15) is 28.5 Å². The van der Waals surface area contributed by atoms with E-state index in [-0.39, 0.29) is 5.91 Å². The van der Waals surface area contributed by atoms with Gasteiger partial charge in [-0.15, -0.1) is 0 Å². The number of rotatable bonds is 6. The summed E-state index contributed by atoms with van der Waals surface area (Å²) < 4.78 is 0. The molecule has 1 N–H and O–H groups in total. The second kappa shape index (κ2) is 9.75. The van der Waals surface area contributed by atoms with Crippen LogP contribution in [-0.2, 0) is 6.42 Å². The average Bonchev–Trinajstić information content (AvgIpc) is 3.23. The summed E-state index contributed by atoms with van der Waals surface area (Å²) in [5, 5.41) is 2.88. The second-order valence-electron chi connectivity index (χ2n) is 8.08. The molecule has 32 heavy (non-hydrogen) atoms. The minimum Gasteiger partial charge on any atom is -0.369 e. The summed E-state index contributed by atoms with van der Waals surface area (Å²) in [6.07, 6.45) is 12.5. The third kappa shape index (κ3) is 4.86. The molecule has 1 aliphatic heterocycles. The van der Waals surface area contributed by atoms with Crippen LogP contribution >= 0.6 is 0 Å². The normalized spacial score (nSPS) is 16.8. The second-order valence-corrected chi connectivity index (χ2v) is 8.08. The first-order valence-electron chi connectivity index (χ1n) is 10.9. The average molecular weight is 428 g/mol. The Morgan fingerprint density at radius 1 is 1.12 bits per heavy atom. The molecular formula is C26H29N5O. The molecule has 6 nitrogen and oxygen atoms in total. The van der Waals surface area contributed by atoms with Crippen LogP contribution in [0.25, 0.3) is 5.57 Å². The van der Waals surface area contributed by atoms with Gasteiger partial charge in [0.1, 0.15) is 5.82 Å². The van der Waals surface area contributed by atoms with Crippen molar-refractivity contribution in [2.45, 2.75) is 13.3 Å². The van der Waals surface area contributed by atoms with Crippen molar-refractivity contribution in [1.29, 1.82) is 0 Å². The standard InChI is InChI=1S/C26H29N5O/c1-4-5-21(18-19(2)31-16-14-30(3)15-17-31)22-6-8-24-23(22)7-9-25(28-24)29-26(32)20-10-12-27-13-11-20/h4-7,9-13,18H,2,8,14-17H2,1,3H3,(H,28,29,32)/b5-4-,21-18+. The van der Waals surface area contributed by atoms with Gasteiger partial charge in [0.15, 0.2) is 0 Å². The predicted molar refractivity (Wildman–Crippen MR) is 129 cm³/mol. The number of likely N-dealkylation sites (N-methyl/N-ethyl adjacent to an activating group) is 1. The number of amides is 1. The minimum atomic E-state index is -0.191. The van der Waals surface area contributed by atoms with Crippen molar-refractivity contribution in [3.63, 3.8) is 0 Å². The monoisotopic (exact) mass is 427 g/mol. The van der Waals surface area contributed by atoms with Crippen LogP contribution in [0.5, 0.6) is 0 Å². The van der Waals surface area contributed by atoms with E-state index in [9.17, 15) is 4.79 Å². The summed E-state index contributed by atoms with van der Waals surface area (Å²) in [6.45, 7) is 10.4. The molecule has 2 aromatic heterocycles. The molecule has 0 radical (unpaired) electrons. The van der Waals surface area contributed by atoms with Crippen LogP contribution in [0, 0.1) is 0 Å². The molecule has 0 spiro atoms. The molecule has 1 fully saturated rings. The van der Waals surface area contributed by atoms with Crippen LogP contribution < -0.4 is 5.32 Å². The third-order valence-corrected chi connectivity index (χ3v) is 5.84. The number of pyridine rings is 2. The van der Waals surface area contributed by atoms with Gasteiger partial charge in [-0.1, -0.05) is 24.8 Å². The number of piperazine rings is 1. The van der Waals surface area contributed by atoms with Gasteiger partial charge in [0.05, 0.1) is 5.69 Å². The molecule has 2 aromatic rings. The first-order valence-corrected chi connectivity index (χ1v) is 10.9. The highest BCUT2D eigenvalue weighted by Crippen LogP contribution is 2.34. The molecule has 164 valence electrons. The highest BCUT2D eigenvalue weighted by molar-refractivity contribution is 6.03. The number of carbonyl (C=O) groups is 1. The van der Waals surface area contributed by atoms with Crippen molar-refractivity contribution < 1.29 is 4.79 Å². The Kier molecular flexibility index (Phi) is 6.61. The number of fused-ring (bicyclic) bond motifs is 1. The van der Waals surface area contributed by atoms with Gasteiger partial charge >= 0.3 is 0 Å². The zero-order chi connectivity index (χ0) is 22.5. The largest absolute Gasteiger partial charge is 0.369 e. The number of nitrogens with zero attached hydrogens (tertiary/aromatic N) is 4. The van der Waals surface area contributed by atoms with Crippen LogP contribution in [-0.4, -0.2) is 58.9 Å². The molecule has 0 unspecified atom stereocenters. The van der Waals surface area contributed by atoms with Crippen LogP contribution in [0.3, 0.4) is 0 Å². The van der Waals surface area contributed by atoms with E-state index in [1.165, 1.54) is 0 Å². The number of carbonyl (C=O) groups excluding carboxylic acids is 1. The SMILES string of the molecule is C=C(/C=C(\C=C/C)C1=CCc2nc(NC(=O)c3ccncc3)ccc21)N1CCN(C)CC1. The minimum absolute atomic E-state index is 0.191. The third-order valence-electron chi connectivity index (χ3n) is 5.84. The lowest BCUT2D eigenvalue weighted by Gasteiger charge is -2.34. The molecule has 0 saturated carbocycles. The van der Waals surface area contributed by atoms with Crippen LogP contribution in [0.4, 0.5) is 5.82 Å². The Labute approximate surface area is 189 Å². The molecule has 0 bridgehead atoms. The molecule has 0 atom stereocenters. The number of anilines is 1. The van der Waals surface area contributed by atoms with E-state index in [0.717, 1.165) is 60.7 Å². The Balaban J connectivity index is 1.51. The number of allylic oxidation sites excluding steroid dienone is 6. The van der Waals surface area contributed by atoms with Crippen molar-refractivity contribution >= 4 is 17.3 Å². The van der Waals surface area contributed by atoms with Gasteiger partial charge in [0, 0.05) is 61.8 Å². The smallest absolute Gasteiger partial charge is 0.256 e. The van der Waals surface area contributed by atoms with E-state index in [4.69, 9.17) is 4.98 Å². The Hall–Kier alpha value is -3.51. The lowest BCUT2D eigenvalue weighted by Crippen LogP contribution is -2.43. The van der Waals surface area contributed by atoms with Crippen molar-refractivity contribution in [3.05, 3.63) is 95.6 Å². The highest BCUT2D eigenvalue weighted by atomic mass is 16.1. The molecule has 3 heterocycles. The van der Waals surface area contributed by atoms with E-state index in [0.29, 0.717) is 11.4 Å². The van der Waals surface area contributed by atoms with Crippen LogP contribution in [0.15, 0.2) is 78.8 Å². The molecule has 0 aromatic carbocycles. The summed E-state index contributed by atoms with van der Waals surface area (Å²) in [5.41, 5.74) is 5.95. The number of aromatic nitrogens is 2. The quantitative estimate of drug-likeness (QED) is 0.708. The highest BCUT2D eigenvalue weighted by Gasteiger charge is 2.20. The van der Waals surface area contributed by atoms with Gasteiger partial charge in [0.25, 0.3) is 5.91 Å².